The van der Waals surface area contributed by atoms with Gasteiger partial charge < -0.3 is 15.7 Å². The fraction of sp³-hybridized carbons (Fsp3) is 0.278. The number of amides is 2. The van der Waals surface area contributed by atoms with E-state index in [1.54, 1.807) is 0 Å². The first-order valence-corrected chi connectivity index (χ1v) is 7.70. The van der Waals surface area contributed by atoms with Gasteiger partial charge in [-0.1, -0.05) is 0 Å². The fourth-order valence-corrected chi connectivity index (χ4v) is 2.11. The van der Waals surface area contributed by atoms with Gasteiger partial charge >= 0.3 is 0 Å². The third kappa shape index (κ3) is 5.56. The maximum Gasteiger partial charge on any atom is 0.270 e. The minimum Gasteiger partial charge on any atom is -0.508 e. The summed E-state index contributed by atoms with van der Waals surface area (Å²) in [5.74, 6) is -1.50. The number of nitrogens with zero attached hydrogens (tertiary/aromatic N) is 1. The second-order valence-electron chi connectivity index (χ2n) is 6.63. The Morgan fingerprint density at radius 1 is 1.20 bits per heavy atom. The summed E-state index contributed by atoms with van der Waals surface area (Å²) < 4.78 is 13.2. The molecule has 7 heteroatoms. The van der Waals surface area contributed by atoms with Crippen LogP contribution in [0.1, 0.15) is 36.8 Å². The van der Waals surface area contributed by atoms with Crippen LogP contribution < -0.4 is 10.6 Å². The van der Waals surface area contributed by atoms with Crippen LogP contribution in [0.15, 0.2) is 36.5 Å². The Bertz CT molecular complexity index is 800. The molecule has 132 valence electrons. The predicted octanol–water partition coefficient (Wildman–Crippen LogP) is 2.64. The van der Waals surface area contributed by atoms with Crippen LogP contribution >= 0.6 is 0 Å². The van der Waals surface area contributed by atoms with Gasteiger partial charge in [-0.15, -0.1) is 0 Å². The fourth-order valence-electron chi connectivity index (χ4n) is 2.11. The van der Waals surface area contributed by atoms with Crippen molar-refractivity contribution in [1.82, 2.24) is 10.3 Å². The number of benzene rings is 1. The lowest BCUT2D eigenvalue weighted by Crippen LogP contribution is -2.40. The summed E-state index contributed by atoms with van der Waals surface area (Å²) in [6, 6.07) is 6.39. The van der Waals surface area contributed by atoms with Crippen LogP contribution in [-0.2, 0) is 11.2 Å². The van der Waals surface area contributed by atoms with Crippen molar-refractivity contribution in [1.29, 1.82) is 0 Å². The summed E-state index contributed by atoms with van der Waals surface area (Å²) in [5, 5.41) is 15.0. The van der Waals surface area contributed by atoms with E-state index in [1.165, 1.54) is 24.4 Å². The lowest BCUT2D eigenvalue weighted by atomic mass is 10.1. The lowest BCUT2D eigenvalue weighted by molar-refractivity contribution is -0.115. The number of halogens is 1. The molecule has 0 atom stereocenters. The zero-order chi connectivity index (χ0) is 18.6. The molecule has 2 aromatic rings. The van der Waals surface area contributed by atoms with Gasteiger partial charge in [0, 0.05) is 23.0 Å². The summed E-state index contributed by atoms with van der Waals surface area (Å²) in [6.07, 6.45) is 1.21. The number of hydrogen-bond donors (Lipinski definition) is 3. The van der Waals surface area contributed by atoms with E-state index in [-0.39, 0.29) is 29.3 Å². The molecule has 1 aromatic heterocycles. The Hall–Kier alpha value is -2.96. The number of hydrogen-bond acceptors (Lipinski definition) is 4. The number of pyridine rings is 1. The van der Waals surface area contributed by atoms with Gasteiger partial charge in [-0.25, -0.2) is 4.39 Å². The number of carbonyl (C=O) groups excluding carboxylic acids is 2. The smallest absolute Gasteiger partial charge is 0.270 e. The first-order chi connectivity index (χ1) is 11.6. The van der Waals surface area contributed by atoms with Gasteiger partial charge in [-0.05, 0) is 51.1 Å². The van der Waals surface area contributed by atoms with Crippen LogP contribution in [0.5, 0.6) is 5.75 Å². The van der Waals surface area contributed by atoms with Gasteiger partial charge in [-0.2, -0.15) is 0 Å². The topological polar surface area (TPSA) is 91.3 Å². The predicted molar refractivity (Wildman–Crippen MR) is 91.9 cm³/mol. The summed E-state index contributed by atoms with van der Waals surface area (Å²) >= 11 is 0. The quantitative estimate of drug-likeness (QED) is 0.794. The molecule has 0 aliphatic heterocycles. The van der Waals surface area contributed by atoms with E-state index < -0.39 is 17.3 Å². The third-order valence-corrected chi connectivity index (χ3v) is 3.16. The van der Waals surface area contributed by atoms with Crippen LogP contribution in [0.3, 0.4) is 0 Å². The van der Waals surface area contributed by atoms with Crippen LogP contribution in [0, 0.1) is 5.82 Å². The number of aromatic hydroxyl groups is 1. The molecule has 0 radical (unpaired) electrons. The van der Waals surface area contributed by atoms with Gasteiger partial charge in [0.15, 0.2) is 0 Å². The zero-order valence-corrected chi connectivity index (χ0v) is 14.3. The SMILES string of the molecule is CC(C)(C)NC(=O)c1cc(NC(=O)Cc2cc(F)ccc2O)ccn1. The first-order valence-electron chi connectivity index (χ1n) is 7.70. The highest BCUT2D eigenvalue weighted by atomic mass is 19.1. The molecule has 2 amide bonds. The molecular formula is C18H20FN3O3. The van der Waals surface area contributed by atoms with E-state index in [4.69, 9.17) is 0 Å². The van der Waals surface area contributed by atoms with Crippen molar-refractivity contribution >= 4 is 17.5 Å². The molecule has 0 fully saturated rings. The van der Waals surface area contributed by atoms with Crippen LogP contribution in [0.4, 0.5) is 10.1 Å². The molecule has 3 N–H and O–H groups in total. The number of rotatable bonds is 4. The highest BCUT2D eigenvalue weighted by Crippen LogP contribution is 2.19. The van der Waals surface area contributed by atoms with Gasteiger partial charge in [-0.3, -0.25) is 14.6 Å². The van der Waals surface area contributed by atoms with E-state index in [0.717, 1.165) is 12.1 Å². The molecule has 0 saturated heterocycles. The number of nitrogens with one attached hydrogen (secondary N) is 2. The minimum absolute atomic E-state index is 0.156. The number of phenolic OH excluding ortho intramolecular Hbond substituents is 1. The Morgan fingerprint density at radius 2 is 1.92 bits per heavy atom. The number of carbonyl (C=O) groups is 2. The molecule has 0 aliphatic rings. The Kier molecular flexibility index (Phi) is 5.36. The Labute approximate surface area is 145 Å². The normalized spacial score (nSPS) is 11.0. The maximum absolute atomic E-state index is 13.2. The number of phenols is 1. The van der Waals surface area contributed by atoms with Gasteiger partial charge in [0.1, 0.15) is 17.3 Å². The summed E-state index contributed by atoms with van der Waals surface area (Å²) in [4.78, 5) is 28.2. The van der Waals surface area contributed by atoms with E-state index in [2.05, 4.69) is 15.6 Å². The molecule has 1 heterocycles. The summed E-state index contributed by atoms with van der Waals surface area (Å²) in [6.45, 7) is 5.55. The maximum atomic E-state index is 13.2. The molecule has 0 spiro atoms. The van der Waals surface area contributed by atoms with Crippen LogP contribution in [0.25, 0.3) is 0 Å². The second-order valence-corrected chi connectivity index (χ2v) is 6.63. The van der Waals surface area contributed by atoms with E-state index >= 15 is 0 Å². The van der Waals surface area contributed by atoms with Crippen molar-refractivity contribution < 1.29 is 19.1 Å². The van der Waals surface area contributed by atoms with Crippen molar-refractivity contribution in [2.24, 2.45) is 0 Å². The zero-order valence-electron chi connectivity index (χ0n) is 14.3. The Morgan fingerprint density at radius 3 is 2.60 bits per heavy atom. The summed E-state index contributed by atoms with van der Waals surface area (Å²) in [5.41, 5.74) is 0.320. The molecule has 6 nitrogen and oxygen atoms in total. The van der Waals surface area contributed by atoms with Crippen LogP contribution in [-0.4, -0.2) is 27.4 Å². The molecule has 25 heavy (non-hydrogen) atoms. The second kappa shape index (κ2) is 7.29. The molecular weight excluding hydrogens is 325 g/mol. The van der Waals surface area contributed by atoms with Crippen molar-refractivity contribution in [3.8, 4) is 5.75 Å². The van der Waals surface area contributed by atoms with Gasteiger partial charge in [0.2, 0.25) is 5.91 Å². The minimum atomic E-state index is -0.536. The van der Waals surface area contributed by atoms with E-state index in [0.29, 0.717) is 5.69 Å². The molecule has 0 unspecified atom stereocenters. The van der Waals surface area contributed by atoms with Crippen molar-refractivity contribution in [2.45, 2.75) is 32.7 Å². The first kappa shape index (κ1) is 18.4. The largest absolute Gasteiger partial charge is 0.508 e. The third-order valence-electron chi connectivity index (χ3n) is 3.16. The van der Waals surface area contributed by atoms with Gasteiger partial charge in [0.25, 0.3) is 5.91 Å². The molecule has 0 aliphatic carbocycles. The summed E-state index contributed by atoms with van der Waals surface area (Å²) in [7, 11) is 0. The standard InChI is InChI=1S/C18H20FN3O3/c1-18(2,3)22-17(25)14-10-13(6-7-20-14)21-16(24)9-11-8-12(19)4-5-15(11)23/h4-8,10,23H,9H2,1-3H3,(H,22,25)(H,20,21,24). The lowest BCUT2D eigenvalue weighted by Gasteiger charge is -2.20. The average molecular weight is 345 g/mol. The van der Waals surface area contributed by atoms with Crippen molar-refractivity contribution in [3.05, 3.63) is 53.6 Å². The number of aromatic nitrogens is 1. The highest BCUT2D eigenvalue weighted by Gasteiger charge is 2.17. The highest BCUT2D eigenvalue weighted by molar-refractivity contribution is 5.96. The Balaban J connectivity index is 2.07. The van der Waals surface area contributed by atoms with Crippen molar-refractivity contribution in [2.75, 3.05) is 5.32 Å². The van der Waals surface area contributed by atoms with Crippen molar-refractivity contribution in [3.63, 3.8) is 0 Å². The molecule has 0 saturated carbocycles. The molecule has 1 aromatic carbocycles. The van der Waals surface area contributed by atoms with E-state index in [1.807, 2.05) is 20.8 Å². The average Bonchev–Trinajstić information content (AvgIpc) is 2.49. The number of anilines is 1. The van der Waals surface area contributed by atoms with Crippen LogP contribution in [0.2, 0.25) is 0 Å². The molecule has 2 rings (SSSR count). The molecule has 0 bridgehead atoms. The monoisotopic (exact) mass is 345 g/mol. The van der Waals surface area contributed by atoms with Gasteiger partial charge in [0.05, 0.1) is 6.42 Å². The van der Waals surface area contributed by atoms with E-state index in [9.17, 15) is 19.1 Å².